The standard InChI is InChI=1S/C16H16N2OS2/c19-16-18-15-14(21-16)12(10-2-1-5-17-7-10)11-8-3-4-9(6-8)13(11)20-15/h1-2,5,7-9,11-13H,3-4,6H2,(H,18,19)/t8-,9-,11-,12-,13-/m1/s1. The molecule has 0 aromatic carbocycles. The monoisotopic (exact) mass is 316 g/mol. The lowest BCUT2D eigenvalue weighted by Crippen LogP contribution is -2.33. The maximum Gasteiger partial charge on any atom is 0.305 e. The molecule has 2 aromatic rings. The summed E-state index contributed by atoms with van der Waals surface area (Å²) >= 11 is 3.35. The molecule has 5 atom stereocenters. The van der Waals surface area contributed by atoms with Gasteiger partial charge in [-0.05, 0) is 48.6 Å². The Hall–Kier alpha value is -1.07. The second-order valence-electron chi connectivity index (χ2n) is 6.46. The third-order valence-corrected chi connectivity index (χ3v) is 8.13. The predicted octanol–water partition coefficient (Wildman–Crippen LogP) is 3.48. The highest BCUT2D eigenvalue weighted by molar-refractivity contribution is 8.00. The maximum absolute atomic E-state index is 11.9. The minimum Gasteiger partial charge on any atom is -0.307 e. The first-order valence-electron chi connectivity index (χ1n) is 7.61. The number of rotatable bonds is 1. The number of fused-ring (bicyclic) bond motifs is 6. The molecule has 0 unspecified atom stereocenters. The normalized spacial score (nSPS) is 36.5. The Morgan fingerprint density at radius 2 is 2.19 bits per heavy atom. The summed E-state index contributed by atoms with van der Waals surface area (Å²) in [5.41, 5.74) is 1.29. The molecule has 108 valence electrons. The van der Waals surface area contributed by atoms with Crippen molar-refractivity contribution in [2.45, 2.75) is 35.5 Å². The first kappa shape index (κ1) is 12.5. The molecule has 3 aliphatic rings. The largest absolute Gasteiger partial charge is 0.307 e. The first-order valence-corrected chi connectivity index (χ1v) is 9.30. The molecular weight excluding hydrogens is 300 g/mol. The van der Waals surface area contributed by atoms with Crippen molar-refractivity contribution < 1.29 is 0 Å². The molecule has 1 N–H and O–H groups in total. The highest BCUT2D eigenvalue weighted by Crippen LogP contribution is 2.63. The van der Waals surface area contributed by atoms with Crippen molar-refractivity contribution in [1.82, 2.24) is 9.97 Å². The van der Waals surface area contributed by atoms with Gasteiger partial charge in [0.1, 0.15) is 0 Å². The third-order valence-electron chi connectivity index (χ3n) is 5.51. The van der Waals surface area contributed by atoms with Crippen molar-refractivity contribution >= 4 is 23.1 Å². The van der Waals surface area contributed by atoms with E-state index in [9.17, 15) is 4.79 Å². The highest BCUT2D eigenvalue weighted by Gasteiger charge is 2.54. The van der Waals surface area contributed by atoms with Crippen LogP contribution in [0.15, 0.2) is 34.3 Å². The van der Waals surface area contributed by atoms with Gasteiger partial charge in [-0.1, -0.05) is 17.4 Å². The summed E-state index contributed by atoms with van der Waals surface area (Å²) in [6.07, 6.45) is 7.97. The summed E-state index contributed by atoms with van der Waals surface area (Å²) in [7, 11) is 0. The van der Waals surface area contributed by atoms with Crippen molar-refractivity contribution in [3.8, 4) is 0 Å². The van der Waals surface area contributed by atoms with Crippen LogP contribution in [0.25, 0.3) is 0 Å². The van der Waals surface area contributed by atoms with E-state index in [-0.39, 0.29) is 4.87 Å². The van der Waals surface area contributed by atoms with E-state index in [4.69, 9.17) is 0 Å². The Morgan fingerprint density at radius 3 is 3.05 bits per heavy atom. The number of aromatic amines is 1. The SMILES string of the molecule is O=c1[nH]c2c(s1)[C@H](c1cccnc1)[C@H]1[C@@H]3CC[C@H](C3)[C@H]1S2. The summed E-state index contributed by atoms with van der Waals surface area (Å²) in [6, 6.07) is 4.21. The fourth-order valence-electron chi connectivity index (χ4n) is 4.78. The molecule has 0 saturated heterocycles. The van der Waals surface area contributed by atoms with Gasteiger partial charge in [-0.15, -0.1) is 11.8 Å². The summed E-state index contributed by atoms with van der Waals surface area (Å²) in [5.74, 6) is 2.75. The molecule has 2 bridgehead atoms. The van der Waals surface area contributed by atoms with Crippen LogP contribution in [0.4, 0.5) is 0 Å². The summed E-state index contributed by atoms with van der Waals surface area (Å²) < 4.78 is 0. The first-order chi connectivity index (χ1) is 10.3. The van der Waals surface area contributed by atoms with Gasteiger partial charge in [0.05, 0.1) is 5.03 Å². The summed E-state index contributed by atoms with van der Waals surface area (Å²) in [5, 5.41) is 1.82. The minimum atomic E-state index is 0.0914. The van der Waals surface area contributed by atoms with E-state index in [2.05, 4.69) is 16.0 Å². The van der Waals surface area contributed by atoms with Crippen molar-refractivity contribution in [2.75, 3.05) is 0 Å². The number of thiazole rings is 1. The van der Waals surface area contributed by atoms with Gasteiger partial charge in [-0.2, -0.15) is 0 Å². The predicted molar refractivity (Wildman–Crippen MR) is 85.0 cm³/mol. The van der Waals surface area contributed by atoms with Gasteiger partial charge in [-0.25, -0.2) is 0 Å². The Kier molecular flexibility index (Phi) is 2.65. The Balaban J connectivity index is 1.70. The zero-order valence-corrected chi connectivity index (χ0v) is 13.1. The lowest BCUT2D eigenvalue weighted by molar-refractivity contribution is 0.307. The quantitative estimate of drug-likeness (QED) is 0.876. The summed E-state index contributed by atoms with van der Waals surface area (Å²) in [4.78, 5) is 20.6. The van der Waals surface area contributed by atoms with Gasteiger partial charge in [-0.3, -0.25) is 9.78 Å². The van der Waals surface area contributed by atoms with Gasteiger partial charge < -0.3 is 4.98 Å². The van der Waals surface area contributed by atoms with Crippen LogP contribution in [-0.2, 0) is 0 Å². The zero-order valence-electron chi connectivity index (χ0n) is 11.5. The van der Waals surface area contributed by atoms with Crippen LogP contribution in [0.3, 0.4) is 0 Å². The van der Waals surface area contributed by atoms with E-state index < -0.39 is 0 Å². The average Bonchev–Trinajstić information content (AvgIpc) is 3.18. The van der Waals surface area contributed by atoms with Crippen LogP contribution >= 0.6 is 23.1 Å². The summed E-state index contributed by atoms with van der Waals surface area (Å²) in [6.45, 7) is 0. The van der Waals surface area contributed by atoms with Crippen LogP contribution < -0.4 is 4.87 Å². The van der Waals surface area contributed by atoms with Gasteiger partial charge >= 0.3 is 4.87 Å². The van der Waals surface area contributed by atoms with E-state index in [0.717, 1.165) is 16.9 Å². The molecular formula is C16H16N2OS2. The second-order valence-corrected chi connectivity index (χ2v) is 8.67. The number of nitrogens with one attached hydrogen (secondary N) is 1. The van der Waals surface area contributed by atoms with E-state index in [1.54, 1.807) is 0 Å². The number of thioether (sulfide) groups is 1. The molecule has 0 radical (unpaired) electrons. The fraction of sp³-hybridized carbons (Fsp3) is 0.500. The van der Waals surface area contributed by atoms with Crippen LogP contribution in [-0.4, -0.2) is 15.2 Å². The van der Waals surface area contributed by atoms with E-state index in [1.165, 1.54) is 41.0 Å². The third kappa shape index (κ3) is 1.73. The average molecular weight is 316 g/mol. The lowest BCUT2D eigenvalue weighted by atomic mass is 9.75. The molecule has 5 heteroatoms. The molecule has 1 aliphatic heterocycles. The molecule has 2 saturated carbocycles. The number of nitrogens with zero attached hydrogens (tertiary/aromatic N) is 1. The van der Waals surface area contributed by atoms with Gasteiger partial charge in [0.2, 0.25) is 0 Å². The molecule has 2 aromatic heterocycles. The maximum atomic E-state index is 11.9. The van der Waals surface area contributed by atoms with Gasteiger partial charge in [0.25, 0.3) is 0 Å². The Labute approximate surface area is 131 Å². The molecule has 3 nitrogen and oxygen atoms in total. The van der Waals surface area contributed by atoms with Crippen molar-refractivity contribution in [3.63, 3.8) is 0 Å². The number of aromatic nitrogens is 2. The molecule has 0 spiro atoms. The lowest BCUT2D eigenvalue weighted by Gasteiger charge is -2.40. The van der Waals surface area contributed by atoms with Gasteiger partial charge in [0, 0.05) is 28.4 Å². The van der Waals surface area contributed by atoms with Crippen LogP contribution in [0.1, 0.15) is 35.6 Å². The van der Waals surface area contributed by atoms with Crippen molar-refractivity contribution in [2.24, 2.45) is 17.8 Å². The fourth-order valence-corrected chi connectivity index (χ4v) is 7.68. The van der Waals surface area contributed by atoms with Crippen LogP contribution in [0.2, 0.25) is 0 Å². The Morgan fingerprint density at radius 1 is 1.29 bits per heavy atom. The van der Waals surface area contributed by atoms with Crippen molar-refractivity contribution in [3.05, 3.63) is 44.6 Å². The topological polar surface area (TPSA) is 45.8 Å². The van der Waals surface area contributed by atoms with Gasteiger partial charge in [0.15, 0.2) is 0 Å². The number of H-pyrrole nitrogens is 1. The van der Waals surface area contributed by atoms with Crippen LogP contribution in [0, 0.1) is 17.8 Å². The Bertz CT molecular complexity index is 738. The number of hydrogen-bond acceptors (Lipinski definition) is 4. The van der Waals surface area contributed by atoms with E-state index >= 15 is 0 Å². The highest BCUT2D eigenvalue weighted by atomic mass is 32.2. The van der Waals surface area contributed by atoms with E-state index in [1.807, 2.05) is 30.2 Å². The molecule has 2 aliphatic carbocycles. The molecule has 21 heavy (non-hydrogen) atoms. The zero-order chi connectivity index (χ0) is 14.0. The molecule has 3 heterocycles. The van der Waals surface area contributed by atoms with Crippen LogP contribution in [0.5, 0.6) is 0 Å². The molecule has 2 fully saturated rings. The van der Waals surface area contributed by atoms with Crippen molar-refractivity contribution in [1.29, 1.82) is 0 Å². The molecule has 5 rings (SSSR count). The molecule has 0 amide bonds. The minimum absolute atomic E-state index is 0.0914. The number of hydrogen-bond donors (Lipinski definition) is 1. The van der Waals surface area contributed by atoms with E-state index in [0.29, 0.717) is 17.1 Å². The smallest absolute Gasteiger partial charge is 0.305 e. The second kappa shape index (κ2) is 4.46. The number of pyridine rings is 1.